The molecule has 4 heterocycles. The van der Waals surface area contributed by atoms with Crippen LogP contribution in [0.5, 0.6) is 5.88 Å². The quantitative estimate of drug-likeness (QED) is 0.364. The smallest absolute Gasteiger partial charge is 0.350 e. The summed E-state index contributed by atoms with van der Waals surface area (Å²) in [4.78, 5) is 19.6. The van der Waals surface area contributed by atoms with Crippen molar-refractivity contribution in [1.82, 2.24) is 18.6 Å². The van der Waals surface area contributed by atoms with Crippen LogP contribution < -0.4 is 10.1 Å². The van der Waals surface area contributed by atoms with Crippen LogP contribution in [0.1, 0.15) is 11.3 Å². The average molecular weight is 561 g/mol. The molecule has 9 nitrogen and oxygen atoms in total. The summed E-state index contributed by atoms with van der Waals surface area (Å²) >= 11 is 12.1. The molecule has 5 rings (SSSR count). The third kappa shape index (κ3) is 5.07. The molecule has 1 fully saturated rings. The third-order valence-corrected chi connectivity index (χ3v) is 9.00. The zero-order chi connectivity index (χ0) is 26.2. The Morgan fingerprint density at radius 1 is 1.00 bits per heavy atom. The molecule has 0 spiro atoms. The molecule has 1 aliphatic rings. The molecule has 0 bridgehead atoms. The summed E-state index contributed by atoms with van der Waals surface area (Å²) in [6, 6.07) is 15.2. The lowest BCUT2D eigenvalue weighted by Gasteiger charge is -2.33. The Kier molecular flexibility index (Phi) is 7.19. The fourth-order valence-electron chi connectivity index (χ4n) is 4.45. The topological polar surface area (TPSA) is 99.1 Å². The van der Waals surface area contributed by atoms with Gasteiger partial charge in [0.2, 0.25) is 10.0 Å². The van der Waals surface area contributed by atoms with E-state index >= 15 is 0 Å². The van der Waals surface area contributed by atoms with Crippen LogP contribution in [0.15, 0.2) is 76.7 Å². The minimum atomic E-state index is -3.83. The number of benzene rings is 1. The van der Waals surface area contributed by atoms with Crippen molar-refractivity contribution in [3.05, 3.63) is 98.6 Å². The Morgan fingerprint density at radius 3 is 2.49 bits per heavy atom. The number of sulfonamides is 1. The van der Waals surface area contributed by atoms with Crippen LogP contribution in [0.25, 0.3) is 5.65 Å². The normalized spacial score (nSPS) is 15.3. The summed E-state index contributed by atoms with van der Waals surface area (Å²) in [6.07, 6.45) is 3.34. The van der Waals surface area contributed by atoms with Crippen molar-refractivity contribution in [2.24, 2.45) is 0 Å². The van der Waals surface area contributed by atoms with Gasteiger partial charge in [-0.2, -0.15) is 13.3 Å². The fourth-order valence-corrected chi connectivity index (χ4v) is 6.61. The van der Waals surface area contributed by atoms with E-state index in [9.17, 15) is 18.3 Å². The monoisotopic (exact) mass is 560 g/mol. The zero-order valence-electron chi connectivity index (χ0n) is 19.7. The number of nitrogens with zero attached hydrogens (tertiary/aromatic N) is 5. The fraction of sp³-hybridized carbons (Fsp3) is 0.240. The van der Waals surface area contributed by atoms with Gasteiger partial charge >= 0.3 is 5.56 Å². The van der Waals surface area contributed by atoms with E-state index in [0.29, 0.717) is 18.7 Å². The molecular formula is C25H24Cl2N5O4S+. The SMILES string of the molecule is O=c1c(CN2CCN(S(=O)(=O)c3cc(Cl)ccc3Cl)CC2)c(O)[n+](Cc2ccccn2)c2ccccn12. The number of pyridine rings is 2. The minimum Gasteiger partial charge on any atom is -0.477 e. The minimum absolute atomic E-state index is 0.0314. The van der Waals surface area contributed by atoms with E-state index in [1.807, 2.05) is 23.1 Å². The summed E-state index contributed by atoms with van der Waals surface area (Å²) in [7, 11) is -3.83. The van der Waals surface area contributed by atoms with Gasteiger partial charge in [0.15, 0.2) is 0 Å². The van der Waals surface area contributed by atoms with Crippen LogP contribution in [0.3, 0.4) is 0 Å². The number of piperazine rings is 1. The molecule has 192 valence electrons. The molecule has 0 atom stereocenters. The molecule has 0 unspecified atom stereocenters. The van der Waals surface area contributed by atoms with Gasteiger partial charge in [-0.25, -0.2) is 13.2 Å². The molecule has 0 saturated carbocycles. The molecule has 1 saturated heterocycles. The number of halogens is 2. The molecule has 0 radical (unpaired) electrons. The lowest BCUT2D eigenvalue weighted by Crippen LogP contribution is -2.49. The van der Waals surface area contributed by atoms with E-state index < -0.39 is 10.0 Å². The van der Waals surface area contributed by atoms with E-state index in [1.54, 1.807) is 35.2 Å². The van der Waals surface area contributed by atoms with Crippen molar-refractivity contribution in [1.29, 1.82) is 0 Å². The number of aromatic hydroxyl groups is 1. The number of aromatic nitrogens is 3. The third-order valence-electron chi connectivity index (χ3n) is 6.39. The van der Waals surface area contributed by atoms with Crippen LogP contribution in [0.2, 0.25) is 10.0 Å². The maximum atomic E-state index is 13.3. The van der Waals surface area contributed by atoms with Crippen LogP contribution in [0, 0.1) is 0 Å². The molecule has 0 aliphatic carbocycles. The van der Waals surface area contributed by atoms with Crippen molar-refractivity contribution in [2.45, 2.75) is 18.0 Å². The number of hydrogen-bond donors (Lipinski definition) is 1. The molecule has 1 aromatic carbocycles. The molecule has 3 aromatic heterocycles. The first-order chi connectivity index (χ1) is 17.8. The zero-order valence-corrected chi connectivity index (χ0v) is 22.0. The van der Waals surface area contributed by atoms with Crippen LogP contribution in [-0.2, 0) is 23.1 Å². The van der Waals surface area contributed by atoms with Gasteiger partial charge in [0.25, 0.3) is 11.5 Å². The number of hydrogen-bond acceptors (Lipinski definition) is 6. The van der Waals surface area contributed by atoms with Crippen molar-refractivity contribution in [3.8, 4) is 5.88 Å². The Labute approximate surface area is 223 Å². The van der Waals surface area contributed by atoms with Crippen molar-refractivity contribution in [2.75, 3.05) is 26.2 Å². The summed E-state index contributed by atoms with van der Waals surface area (Å²) in [6.45, 7) is 1.59. The van der Waals surface area contributed by atoms with Gasteiger partial charge in [0.1, 0.15) is 17.0 Å². The first-order valence-corrected chi connectivity index (χ1v) is 13.8. The van der Waals surface area contributed by atoms with Crippen molar-refractivity contribution < 1.29 is 18.1 Å². The first kappa shape index (κ1) is 25.6. The number of rotatable bonds is 6. The standard InChI is InChI=1S/C25H23Cl2N5O4S/c26-18-7-8-21(27)22(15-18)37(35,36)30-13-11-29(12-14-30)17-20-24(33)31-10-4-2-6-23(31)32(25(20)34)16-19-5-1-3-9-28-19/h1-10,15H,11-14,16-17H2/p+1. The second-order valence-electron chi connectivity index (χ2n) is 8.70. The highest BCUT2D eigenvalue weighted by Crippen LogP contribution is 2.28. The van der Waals surface area contributed by atoms with Gasteiger partial charge in [0.05, 0.1) is 16.9 Å². The van der Waals surface area contributed by atoms with Gasteiger partial charge in [-0.15, -0.1) is 0 Å². The summed E-state index contributed by atoms with van der Waals surface area (Å²) in [5.74, 6) is -0.136. The first-order valence-electron chi connectivity index (χ1n) is 11.6. The van der Waals surface area contributed by atoms with E-state index in [1.165, 1.54) is 26.9 Å². The lowest BCUT2D eigenvalue weighted by molar-refractivity contribution is -0.673. The summed E-state index contributed by atoms with van der Waals surface area (Å²) in [5.41, 5.74) is 1.17. The molecule has 12 heteroatoms. The van der Waals surface area contributed by atoms with Gasteiger partial charge in [-0.05, 0) is 36.4 Å². The average Bonchev–Trinajstić information content (AvgIpc) is 2.91. The molecule has 37 heavy (non-hydrogen) atoms. The molecule has 4 aromatic rings. The summed E-state index contributed by atoms with van der Waals surface area (Å²) < 4.78 is 30.8. The van der Waals surface area contributed by atoms with E-state index in [0.717, 1.165) is 5.69 Å². The Bertz CT molecular complexity index is 1620. The second kappa shape index (κ2) is 10.4. The van der Waals surface area contributed by atoms with E-state index in [2.05, 4.69) is 4.98 Å². The Hall–Kier alpha value is -3.02. The van der Waals surface area contributed by atoms with Gasteiger partial charge < -0.3 is 5.11 Å². The van der Waals surface area contributed by atoms with E-state index in [-0.39, 0.29) is 58.1 Å². The number of fused-ring (bicyclic) bond motifs is 1. The molecule has 0 amide bonds. The predicted molar refractivity (Wildman–Crippen MR) is 139 cm³/mol. The second-order valence-corrected chi connectivity index (χ2v) is 11.4. The van der Waals surface area contributed by atoms with Crippen molar-refractivity contribution in [3.63, 3.8) is 0 Å². The van der Waals surface area contributed by atoms with Gasteiger partial charge in [-0.3, -0.25) is 9.88 Å². The van der Waals surface area contributed by atoms with Crippen molar-refractivity contribution >= 4 is 38.9 Å². The molecular weight excluding hydrogens is 537 g/mol. The predicted octanol–water partition coefficient (Wildman–Crippen LogP) is 2.55. The van der Waals surface area contributed by atoms with Crippen LogP contribution >= 0.6 is 23.2 Å². The summed E-state index contributed by atoms with van der Waals surface area (Å²) in [5, 5.41) is 11.6. The van der Waals surface area contributed by atoms with E-state index in [4.69, 9.17) is 23.2 Å². The largest absolute Gasteiger partial charge is 0.477 e. The highest BCUT2D eigenvalue weighted by Gasteiger charge is 2.32. The highest BCUT2D eigenvalue weighted by atomic mass is 35.5. The van der Waals surface area contributed by atoms with Crippen LogP contribution in [-0.4, -0.2) is 58.3 Å². The lowest BCUT2D eigenvalue weighted by atomic mass is 10.2. The van der Waals surface area contributed by atoms with Gasteiger partial charge in [0, 0.05) is 50.0 Å². The Morgan fingerprint density at radius 2 is 1.76 bits per heavy atom. The highest BCUT2D eigenvalue weighted by molar-refractivity contribution is 7.89. The molecule has 1 aliphatic heterocycles. The van der Waals surface area contributed by atoms with Gasteiger partial charge in [-0.1, -0.05) is 35.3 Å². The maximum Gasteiger partial charge on any atom is 0.350 e. The van der Waals surface area contributed by atoms with Crippen LogP contribution in [0.4, 0.5) is 0 Å². The Balaban J connectivity index is 1.40. The molecule has 1 N–H and O–H groups in total. The maximum absolute atomic E-state index is 13.3.